The van der Waals surface area contributed by atoms with Crippen LogP contribution in [0.25, 0.3) is 0 Å². The molecule has 2 amide bonds. The molecule has 1 aliphatic rings. The van der Waals surface area contributed by atoms with Crippen molar-refractivity contribution in [1.82, 2.24) is 0 Å². The molecule has 5 rings (SSSR count). The lowest BCUT2D eigenvalue weighted by Gasteiger charge is -2.18. The van der Waals surface area contributed by atoms with E-state index in [4.69, 9.17) is 0 Å². The highest BCUT2D eigenvalue weighted by molar-refractivity contribution is 14.0. The van der Waals surface area contributed by atoms with Crippen LogP contribution in [-0.2, 0) is 14.1 Å². The zero-order valence-corrected chi connectivity index (χ0v) is 29.4. The summed E-state index contributed by atoms with van der Waals surface area (Å²) < 4.78 is 3.65. The van der Waals surface area contributed by atoms with E-state index in [1.54, 1.807) is 67.0 Å². The number of aryl methyl sites for hydroxylation is 2. The first-order chi connectivity index (χ1) is 21.2. The van der Waals surface area contributed by atoms with Crippen LogP contribution in [0.15, 0.2) is 143 Å². The van der Waals surface area contributed by atoms with Gasteiger partial charge in [0.1, 0.15) is 25.5 Å². The Morgan fingerprint density at radius 3 is 1.89 bits per heavy atom. The van der Waals surface area contributed by atoms with Crippen molar-refractivity contribution in [2.24, 2.45) is 24.1 Å². The van der Waals surface area contributed by atoms with E-state index in [1.807, 2.05) is 47.8 Å². The molecule has 0 atom stereocenters. The molecule has 0 saturated heterocycles. The molecule has 0 bridgehead atoms. The molecule has 2 aromatic heterocycles. The van der Waals surface area contributed by atoms with Gasteiger partial charge in [-0.1, -0.05) is 30.4 Å². The fourth-order valence-electron chi connectivity index (χ4n) is 4.25. The van der Waals surface area contributed by atoms with E-state index in [0.717, 1.165) is 0 Å². The summed E-state index contributed by atoms with van der Waals surface area (Å²) in [6.45, 7) is 0. The summed E-state index contributed by atoms with van der Waals surface area (Å²) in [6, 6.07) is 19.7. The molecule has 0 fully saturated rings. The Morgan fingerprint density at radius 2 is 1.28 bits per heavy atom. The number of hydrogen-bond acceptors (Lipinski definition) is 6. The van der Waals surface area contributed by atoms with Gasteiger partial charge in [0.2, 0.25) is 0 Å². The minimum atomic E-state index is -0.522. The zero-order valence-electron chi connectivity index (χ0n) is 24.8. The van der Waals surface area contributed by atoms with Gasteiger partial charge in [0.15, 0.2) is 24.8 Å². The molecule has 0 spiro atoms. The number of anilines is 2. The van der Waals surface area contributed by atoms with E-state index in [2.05, 4.69) is 20.6 Å². The molecule has 2 heterocycles. The third-order valence-electron chi connectivity index (χ3n) is 6.47. The van der Waals surface area contributed by atoms with E-state index in [1.165, 1.54) is 30.3 Å². The van der Waals surface area contributed by atoms with Crippen LogP contribution in [-0.4, -0.2) is 23.4 Å². The maximum absolute atomic E-state index is 12.8. The van der Waals surface area contributed by atoms with Crippen molar-refractivity contribution in [3.8, 4) is 0 Å². The van der Waals surface area contributed by atoms with Gasteiger partial charge in [-0.3, -0.25) is 14.6 Å². The Hall–Kier alpha value is -4.70. The van der Waals surface area contributed by atoms with E-state index < -0.39 is 11.8 Å². The molecule has 46 heavy (non-hydrogen) atoms. The summed E-state index contributed by atoms with van der Waals surface area (Å²) >= 11 is 0. The molecule has 234 valence electrons. The number of hydrogen-bond donors (Lipinski definition) is 2. The summed E-state index contributed by atoms with van der Waals surface area (Å²) in [5, 5.41) is 31.0. The van der Waals surface area contributed by atoms with Crippen molar-refractivity contribution in [1.29, 1.82) is 0 Å². The van der Waals surface area contributed by atoms with Crippen LogP contribution in [0.4, 0.5) is 17.1 Å². The smallest absolute Gasteiger partial charge is 0.277 e. The van der Waals surface area contributed by atoms with Crippen LogP contribution < -0.4 is 30.0 Å². The van der Waals surface area contributed by atoms with Crippen molar-refractivity contribution in [3.63, 3.8) is 0 Å². The van der Waals surface area contributed by atoms with Crippen LogP contribution in [0.2, 0.25) is 0 Å². The van der Waals surface area contributed by atoms with Gasteiger partial charge in [-0.05, 0) is 77.5 Å². The lowest BCUT2D eigenvalue weighted by molar-refractivity contribution is -0.670. The summed E-state index contributed by atoms with van der Waals surface area (Å²) in [6.07, 6.45) is 13.6. The predicted molar refractivity (Wildman–Crippen MR) is 194 cm³/mol. The van der Waals surface area contributed by atoms with E-state index in [-0.39, 0.29) is 70.9 Å². The van der Waals surface area contributed by atoms with Crippen molar-refractivity contribution >= 4 is 88.4 Å². The van der Waals surface area contributed by atoms with Crippen LogP contribution in [0, 0.1) is 0 Å². The first-order valence-corrected chi connectivity index (χ1v) is 13.6. The highest BCUT2D eigenvalue weighted by Crippen LogP contribution is 2.18. The van der Waals surface area contributed by atoms with E-state index >= 15 is 0 Å². The second-order valence-corrected chi connectivity index (χ2v) is 9.93. The van der Waals surface area contributed by atoms with Crippen LogP contribution in [0.3, 0.4) is 0 Å². The number of allylic oxidation sites excluding steroid dienone is 5. The third-order valence-corrected chi connectivity index (χ3v) is 6.47. The second kappa shape index (κ2) is 16.6. The average Bonchev–Trinajstić information content (AvgIpc) is 3.01. The van der Waals surface area contributed by atoms with Gasteiger partial charge >= 0.3 is 0 Å². The lowest BCUT2D eigenvalue weighted by atomic mass is 10.1. The van der Waals surface area contributed by atoms with Gasteiger partial charge in [0.05, 0.1) is 11.4 Å². The molecule has 2 N–H and O–H groups in total. The number of rotatable bonds is 7. The molecular formula is C34H30I2N6O4. The van der Waals surface area contributed by atoms with E-state index in [9.17, 15) is 19.8 Å². The minimum absolute atomic E-state index is 0. The fourth-order valence-corrected chi connectivity index (χ4v) is 4.25. The minimum Gasteiger partial charge on any atom is -0.860 e. The monoisotopic (exact) mass is 840 g/mol. The quantitative estimate of drug-likeness (QED) is 0.0964. The molecule has 0 aliphatic heterocycles. The van der Waals surface area contributed by atoms with Crippen LogP contribution in [0.1, 0.15) is 26.3 Å². The largest absolute Gasteiger partial charge is 0.860 e. The first-order valence-electron chi connectivity index (χ1n) is 13.6. The average molecular weight is 840 g/mol. The maximum atomic E-state index is 12.8. The molecule has 0 radical (unpaired) electrons. The Bertz CT molecular complexity index is 1880. The Morgan fingerprint density at radius 1 is 0.696 bits per heavy atom. The molecule has 0 unspecified atom stereocenters. The van der Waals surface area contributed by atoms with Crippen LogP contribution >= 0.6 is 48.0 Å². The van der Waals surface area contributed by atoms with Crippen molar-refractivity contribution in [2.75, 3.05) is 10.6 Å². The van der Waals surface area contributed by atoms with Crippen molar-refractivity contribution in [3.05, 3.63) is 150 Å². The number of nitrogens with one attached hydrogen (secondary N) is 2. The Kier molecular flexibility index (Phi) is 12.9. The number of benzene rings is 2. The zero-order chi connectivity index (χ0) is 31.1. The molecule has 0 saturated carbocycles. The number of aromatic nitrogens is 2. The molecule has 10 nitrogen and oxygen atoms in total. The number of halogens is 2. The molecule has 12 heteroatoms. The molecule has 4 aromatic rings. The number of nitrogens with zero attached hydrogens (tertiary/aromatic N) is 4. The van der Waals surface area contributed by atoms with Gasteiger partial charge in [0, 0.05) is 23.3 Å². The molecular weight excluding hydrogens is 810 g/mol. The highest BCUT2D eigenvalue weighted by atomic mass is 127. The van der Waals surface area contributed by atoms with Crippen molar-refractivity contribution in [2.45, 2.75) is 0 Å². The van der Waals surface area contributed by atoms with Gasteiger partial charge in [-0.2, -0.15) is 0 Å². The van der Waals surface area contributed by atoms with E-state index in [0.29, 0.717) is 33.9 Å². The van der Waals surface area contributed by atoms with Gasteiger partial charge in [-0.25, -0.2) is 14.1 Å². The summed E-state index contributed by atoms with van der Waals surface area (Å²) in [7, 11) is 3.72. The fraction of sp³-hybridized carbons (Fsp3) is 0.0588. The Labute approximate surface area is 300 Å². The van der Waals surface area contributed by atoms with Gasteiger partial charge < -0.3 is 20.8 Å². The Balaban J connectivity index is 0.00000288. The normalized spacial score (nSPS) is 12.0. The first kappa shape index (κ1) is 35.8. The summed E-state index contributed by atoms with van der Waals surface area (Å²) in [4.78, 5) is 33.6. The predicted octanol–water partition coefficient (Wildman–Crippen LogP) is 3.65. The third kappa shape index (κ3) is 9.65. The molecule has 1 aliphatic carbocycles. The number of carbonyl (C=O) groups excluding carboxylic acids is 2. The summed E-state index contributed by atoms with van der Waals surface area (Å²) in [5.74, 6) is -1.63. The summed E-state index contributed by atoms with van der Waals surface area (Å²) in [5.41, 5.74) is 3.34. The number of pyridine rings is 2. The second-order valence-electron chi connectivity index (χ2n) is 9.93. The number of amides is 2. The molecule has 2 aromatic carbocycles. The van der Waals surface area contributed by atoms with Gasteiger partial charge in [-0.15, -0.1) is 48.0 Å². The maximum Gasteiger partial charge on any atom is 0.277 e. The number of carbonyl (C=O) groups is 2. The van der Waals surface area contributed by atoms with Crippen LogP contribution in [0.5, 0.6) is 0 Å². The topological polar surface area (TPSA) is 137 Å². The van der Waals surface area contributed by atoms with Crippen molar-refractivity contribution < 1.29 is 28.9 Å². The highest BCUT2D eigenvalue weighted by Gasteiger charge is 2.10. The SMILES string of the molecule is C[n+]1cccc(NC(=O)c2cccc(N=C([O-])c3ccc(C(=O)N=C4C=CC(=C([O-])Nc5ccc[n+](C)c5)C=C4)cc3)c2)c1.I.I. The number of aliphatic imine (C=N–C) groups is 2. The standard InChI is InChI=1S/C34H28N6O4.2HI/c1-39-18-4-8-29(21-39)37-33(43)25-14-16-27(17-15-25)35-31(41)23-10-12-24(13-11-23)32(42)36-28-7-3-6-26(20-28)34(44)38-30-9-5-19-40(2)22-30;;/h3-22H,1-2H3,(H2-2,35,36,37,38,41,42,43,44);2*1H. The van der Waals surface area contributed by atoms with Gasteiger partial charge in [0.25, 0.3) is 11.8 Å². The lowest BCUT2D eigenvalue weighted by Crippen LogP contribution is -2.27.